The number of nitrogens with zero attached hydrogens (tertiary/aromatic N) is 2. The summed E-state index contributed by atoms with van der Waals surface area (Å²) in [6.45, 7) is 0.525. The quantitative estimate of drug-likeness (QED) is 0.715. The fourth-order valence-electron chi connectivity index (χ4n) is 2.72. The van der Waals surface area contributed by atoms with Crippen LogP contribution in [-0.2, 0) is 13.5 Å². The van der Waals surface area contributed by atoms with E-state index in [4.69, 9.17) is 4.74 Å². The Hall–Kier alpha value is -3.28. The van der Waals surface area contributed by atoms with Gasteiger partial charge < -0.3 is 10.1 Å². The Morgan fingerprint density at radius 3 is 2.69 bits per heavy atom. The molecule has 2 N–H and O–H groups in total. The van der Waals surface area contributed by atoms with E-state index < -0.39 is 0 Å². The third-order valence-corrected chi connectivity index (χ3v) is 4.02. The molecule has 2 aromatic carbocycles. The van der Waals surface area contributed by atoms with Crippen molar-refractivity contribution in [2.24, 2.45) is 7.05 Å². The molecule has 0 saturated heterocycles. The second kappa shape index (κ2) is 8.20. The lowest BCUT2D eigenvalue weighted by Crippen LogP contribution is -2.30. The van der Waals surface area contributed by atoms with Gasteiger partial charge in [-0.2, -0.15) is 5.10 Å². The molecule has 1 aromatic heterocycles. The fraction of sp³-hybridized carbons (Fsp3) is 0.200. The van der Waals surface area contributed by atoms with E-state index in [-0.39, 0.29) is 6.03 Å². The summed E-state index contributed by atoms with van der Waals surface area (Å²) in [7, 11) is 3.50. The Morgan fingerprint density at radius 1 is 1.12 bits per heavy atom. The SMILES string of the molecule is COc1cccc(CCNC(=O)Nc2cc(-c3ccccc3)n(C)n2)c1. The highest BCUT2D eigenvalue weighted by atomic mass is 16.5. The zero-order chi connectivity index (χ0) is 18.4. The molecule has 0 atom stereocenters. The first-order valence-corrected chi connectivity index (χ1v) is 8.43. The molecule has 0 radical (unpaired) electrons. The predicted octanol–water partition coefficient (Wildman–Crippen LogP) is 3.46. The number of carbonyl (C=O) groups excluding carboxylic acids is 1. The van der Waals surface area contributed by atoms with Crippen LogP contribution in [0.15, 0.2) is 60.7 Å². The van der Waals surface area contributed by atoms with Gasteiger partial charge in [-0.25, -0.2) is 4.79 Å². The average Bonchev–Trinajstić information content (AvgIpc) is 3.02. The van der Waals surface area contributed by atoms with Gasteiger partial charge in [-0.1, -0.05) is 42.5 Å². The number of benzene rings is 2. The van der Waals surface area contributed by atoms with Gasteiger partial charge in [-0.05, 0) is 29.7 Å². The second-order valence-corrected chi connectivity index (χ2v) is 5.89. The summed E-state index contributed by atoms with van der Waals surface area (Å²) < 4.78 is 6.95. The van der Waals surface area contributed by atoms with E-state index in [9.17, 15) is 4.79 Å². The lowest BCUT2D eigenvalue weighted by molar-refractivity contribution is 0.252. The van der Waals surface area contributed by atoms with Gasteiger partial charge in [0.1, 0.15) is 5.75 Å². The van der Waals surface area contributed by atoms with E-state index >= 15 is 0 Å². The van der Waals surface area contributed by atoms with Gasteiger partial charge >= 0.3 is 6.03 Å². The summed E-state index contributed by atoms with van der Waals surface area (Å²) in [6.07, 6.45) is 0.724. The first-order chi connectivity index (χ1) is 12.7. The molecule has 6 heteroatoms. The summed E-state index contributed by atoms with van der Waals surface area (Å²) in [5.74, 6) is 1.33. The number of anilines is 1. The molecule has 3 rings (SSSR count). The number of hydrogen-bond donors (Lipinski definition) is 2. The Kier molecular flexibility index (Phi) is 5.53. The number of amides is 2. The van der Waals surface area contributed by atoms with Crippen molar-refractivity contribution in [1.82, 2.24) is 15.1 Å². The number of methoxy groups -OCH3 is 1. The van der Waals surface area contributed by atoms with Crippen molar-refractivity contribution < 1.29 is 9.53 Å². The molecular weight excluding hydrogens is 328 g/mol. The lowest BCUT2D eigenvalue weighted by atomic mass is 10.1. The molecule has 0 bridgehead atoms. The third kappa shape index (κ3) is 4.42. The van der Waals surface area contributed by atoms with E-state index in [1.165, 1.54) is 0 Å². The van der Waals surface area contributed by atoms with E-state index in [1.807, 2.05) is 67.7 Å². The maximum absolute atomic E-state index is 12.1. The number of aryl methyl sites for hydroxylation is 1. The first-order valence-electron chi connectivity index (χ1n) is 8.43. The highest BCUT2D eigenvalue weighted by Gasteiger charge is 2.09. The summed E-state index contributed by atoms with van der Waals surface area (Å²) in [6, 6.07) is 19.3. The fourth-order valence-corrected chi connectivity index (χ4v) is 2.72. The van der Waals surface area contributed by atoms with Crippen molar-refractivity contribution in [3.63, 3.8) is 0 Å². The molecule has 134 valence electrons. The van der Waals surface area contributed by atoms with Gasteiger partial charge in [-0.15, -0.1) is 0 Å². The van der Waals surface area contributed by atoms with Crippen LogP contribution in [0.5, 0.6) is 5.75 Å². The van der Waals surface area contributed by atoms with Crippen LogP contribution in [-0.4, -0.2) is 29.5 Å². The molecule has 26 heavy (non-hydrogen) atoms. The summed E-state index contributed by atoms with van der Waals surface area (Å²) in [5.41, 5.74) is 3.10. The molecule has 0 spiro atoms. The standard InChI is InChI=1S/C20H22N4O2/c1-24-18(16-8-4-3-5-9-16)14-19(23-24)22-20(25)21-12-11-15-7-6-10-17(13-15)26-2/h3-10,13-14H,11-12H2,1-2H3,(H2,21,22,23,25). The number of rotatable bonds is 6. The molecule has 0 unspecified atom stereocenters. The van der Waals surface area contributed by atoms with Crippen molar-refractivity contribution in [1.29, 1.82) is 0 Å². The average molecular weight is 350 g/mol. The van der Waals surface area contributed by atoms with E-state index in [2.05, 4.69) is 15.7 Å². The largest absolute Gasteiger partial charge is 0.497 e. The van der Waals surface area contributed by atoms with Crippen LogP contribution in [0, 0.1) is 0 Å². The number of carbonyl (C=O) groups is 1. The monoisotopic (exact) mass is 350 g/mol. The predicted molar refractivity (Wildman–Crippen MR) is 102 cm³/mol. The molecule has 0 fully saturated rings. The topological polar surface area (TPSA) is 68.2 Å². The molecule has 1 heterocycles. The van der Waals surface area contributed by atoms with Gasteiger partial charge in [0.25, 0.3) is 0 Å². The molecule has 2 amide bonds. The number of aromatic nitrogens is 2. The second-order valence-electron chi connectivity index (χ2n) is 5.89. The molecule has 0 saturated carbocycles. The molecule has 0 aliphatic heterocycles. The van der Waals surface area contributed by atoms with Crippen molar-refractivity contribution in [2.45, 2.75) is 6.42 Å². The van der Waals surface area contributed by atoms with Crippen LogP contribution in [0.1, 0.15) is 5.56 Å². The van der Waals surface area contributed by atoms with Crippen molar-refractivity contribution in [2.75, 3.05) is 19.0 Å². The van der Waals surface area contributed by atoms with E-state index in [1.54, 1.807) is 11.8 Å². The van der Waals surface area contributed by atoms with Crippen molar-refractivity contribution in [3.05, 3.63) is 66.2 Å². The minimum atomic E-state index is -0.273. The number of hydrogen-bond acceptors (Lipinski definition) is 3. The summed E-state index contributed by atoms with van der Waals surface area (Å²) in [5, 5.41) is 9.96. The van der Waals surface area contributed by atoms with Crippen LogP contribution in [0.25, 0.3) is 11.3 Å². The Labute approximate surface area is 152 Å². The highest BCUT2D eigenvalue weighted by Crippen LogP contribution is 2.21. The molecular formula is C20H22N4O2. The normalized spacial score (nSPS) is 10.4. The molecule has 3 aromatic rings. The van der Waals surface area contributed by atoms with Crippen LogP contribution >= 0.6 is 0 Å². The van der Waals surface area contributed by atoms with Gasteiger partial charge in [-0.3, -0.25) is 10.00 Å². The summed E-state index contributed by atoms with van der Waals surface area (Å²) >= 11 is 0. The number of nitrogens with one attached hydrogen (secondary N) is 2. The Morgan fingerprint density at radius 2 is 1.92 bits per heavy atom. The van der Waals surface area contributed by atoms with Gasteiger partial charge in [0.2, 0.25) is 0 Å². The molecule has 0 aliphatic carbocycles. The third-order valence-electron chi connectivity index (χ3n) is 4.02. The van der Waals surface area contributed by atoms with Gasteiger partial charge in [0.15, 0.2) is 5.82 Å². The number of urea groups is 1. The maximum atomic E-state index is 12.1. The van der Waals surface area contributed by atoms with Crippen molar-refractivity contribution in [3.8, 4) is 17.0 Å². The smallest absolute Gasteiger partial charge is 0.320 e. The zero-order valence-corrected chi connectivity index (χ0v) is 14.9. The maximum Gasteiger partial charge on any atom is 0.320 e. The molecule has 6 nitrogen and oxygen atoms in total. The van der Waals surface area contributed by atoms with E-state index in [0.717, 1.165) is 29.0 Å². The summed E-state index contributed by atoms with van der Waals surface area (Å²) in [4.78, 5) is 12.1. The number of ether oxygens (including phenoxy) is 1. The Balaban J connectivity index is 1.54. The van der Waals surface area contributed by atoms with Crippen LogP contribution in [0.2, 0.25) is 0 Å². The minimum absolute atomic E-state index is 0.273. The van der Waals surface area contributed by atoms with Crippen molar-refractivity contribution >= 4 is 11.8 Å². The van der Waals surface area contributed by atoms with E-state index in [0.29, 0.717) is 12.4 Å². The van der Waals surface area contributed by atoms with Crippen LogP contribution in [0.4, 0.5) is 10.6 Å². The minimum Gasteiger partial charge on any atom is -0.497 e. The zero-order valence-electron chi connectivity index (χ0n) is 14.9. The molecule has 0 aliphatic rings. The highest BCUT2D eigenvalue weighted by molar-refractivity contribution is 5.88. The van der Waals surface area contributed by atoms with Crippen LogP contribution in [0.3, 0.4) is 0 Å². The van der Waals surface area contributed by atoms with Gasteiger partial charge in [0, 0.05) is 19.7 Å². The van der Waals surface area contributed by atoms with Crippen LogP contribution < -0.4 is 15.4 Å². The Bertz CT molecular complexity index is 875. The first kappa shape index (κ1) is 17.5. The van der Waals surface area contributed by atoms with Gasteiger partial charge in [0.05, 0.1) is 12.8 Å². The lowest BCUT2D eigenvalue weighted by Gasteiger charge is -2.07.